The van der Waals surface area contributed by atoms with E-state index in [-0.39, 0.29) is 24.0 Å². The monoisotopic (exact) mass is 460 g/mol. The molecule has 0 amide bonds. The molecule has 0 unspecified atom stereocenters. The molecule has 0 bridgehead atoms. The van der Waals surface area contributed by atoms with Gasteiger partial charge in [0.05, 0.1) is 17.7 Å². The van der Waals surface area contributed by atoms with Crippen LogP contribution in [0.1, 0.15) is 21.5 Å². The molecule has 3 aliphatic rings. The van der Waals surface area contributed by atoms with E-state index >= 15 is 0 Å². The summed E-state index contributed by atoms with van der Waals surface area (Å²) in [6.07, 6.45) is -6.31. The van der Waals surface area contributed by atoms with Crippen LogP contribution in [0.4, 0.5) is 13.2 Å². The van der Waals surface area contributed by atoms with Crippen molar-refractivity contribution >= 4 is 17.9 Å². The van der Waals surface area contributed by atoms with Gasteiger partial charge in [-0.1, -0.05) is 0 Å². The van der Waals surface area contributed by atoms with Crippen LogP contribution in [0.2, 0.25) is 0 Å². The second-order valence-electron chi connectivity index (χ2n) is 8.06. The van der Waals surface area contributed by atoms with E-state index in [9.17, 15) is 33.3 Å². The van der Waals surface area contributed by atoms with Crippen molar-refractivity contribution in [2.24, 2.45) is 11.5 Å². The Morgan fingerprint density at radius 1 is 1.34 bits per heavy atom. The van der Waals surface area contributed by atoms with Crippen molar-refractivity contribution in [3.63, 3.8) is 0 Å². The molecule has 4 rings (SSSR count). The van der Waals surface area contributed by atoms with Crippen molar-refractivity contribution in [3.8, 4) is 0 Å². The van der Waals surface area contributed by atoms with Crippen molar-refractivity contribution < 1.29 is 47.6 Å². The van der Waals surface area contributed by atoms with E-state index in [1.807, 2.05) is 0 Å². The lowest BCUT2D eigenvalue weighted by Gasteiger charge is -2.40. The van der Waals surface area contributed by atoms with Gasteiger partial charge in [0, 0.05) is 0 Å². The number of alkyl halides is 3. The Kier molecular flexibility index (Phi) is 4.80. The summed E-state index contributed by atoms with van der Waals surface area (Å²) >= 11 is 0. The number of hydrogen-bond acceptors (Lipinski definition) is 9. The predicted molar refractivity (Wildman–Crippen MR) is 101 cm³/mol. The summed E-state index contributed by atoms with van der Waals surface area (Å²) in [5.41, 5.74) is 8.73. The first-order valence-corrected chi connectivity index (χ1v) is 9.60. The average molecular weight is 460 g/mol. The fraction of sp³-hybridized carbons (Fsp3) is 0.500. The van der Waals surface area contributed by atoms with Crippen LogP contribution < -0.4 is 27.1 Å². The normalized spacial score (nSPS) is 30.7. The Hall–Kier alpha value is -3.10. The second kappa shape index (κ2) is 6.95. The standard InChI is InChI=1S/C18H21F3N6O5/c1-7-2-8(4-9(3-7)18(19,20)21)13(29)32-11-5-27-15(23)24-10(6-28)12-16(27,17(11,30)31)26-14(22)25-12/h2-4,10-12,28,30-31H,5-6H2,1H3,(H5,22,23,24,25,26)/p+2/t10-,11-,12-,16-/m0/s1. The molecule has 3 aliphatic heterocycles. The molecule has 0 aliphatic carbocycles. The number of ether oxygens (including phenoxy) is 1. The van der Waals surface area contributed by atoms with E-state index in [0.29, 0.717) is 6.07 Å². The number of nitrogens with one attached hydrogen (secondary N) is 3. The molecule has 0 aromatic heterocycles. The van der Waals surface area contributed by atoms with Crippen LogP contribution in [-0.2, 0) is 10.9 Å². The van der Waals surface area contributed by atoms with E-state index in [0.717, 1.165) is 6.07 Å². The zero-order valence-corrected chi connectivity index (χ0v) is 16.8. The lowest BCUT2D eigenvalue weighted by molar-refractivity contribution is -0.674. The van der Waals surface area contributed by atoms with E-state index < -0.39 is 59.5 Å². The topological polar surface area (TPSA) is 180 Å². The van der Waals surface area contributed by atoms with Gasteiger partial charge in [-0.15, -0.1) is 0 Å². The fourth-order valence-corrected chi connectivity index (χ4v) is 4.59. The van der Waals surface area contributed by atoms with Crippen LogP contribution in [0.3, 0.4) is 0 Å². The highest BCUT2D eigenvalue weighted by Gasteiger charge is 2.78. The van der Waals surface area contributed by atoms with Crippen LogP contribution in [0, 0.1) is 6.92 Å². The lowest BCUT2D eigenvalue weighted by atomic mass is 9.86. The molecule has 1 aromatic rings. The smallest absolute Gasteiger partial charge is 0.416 e. The van der Waals surface area contributed by atoms with Crippen molar-refractivity contribution in [1.29, 1.82) is 0 Å². The molecule has 0 saturated carbocycles. The van der Waals surface area contributed by atoms with Crippen LogP contribution in [0.5, 0.6) is 0 Å². The number of aryl methyl sites for hydroxylation is 1. The number of nitrogens with zero attached hydrogens (tertiary/aromatic N) is 1. The third kappa shape index (κ3) is 3.05. The molecule has 3 heterocycles. The number of guanidine groups is 2. The minimum atomic E-state index is -4.68. The third-order valence-corrected chi connectivity index (χ3v) is 5.98. The molecule has 1 spiro atoms. The number of halogens is 3. The van der Waals surface area contributed by atoms with Gasteiger partial charge in [-0.25, -0.2) is 14.7 Å². The molecule has 1 aromatic carbocycles. The SMILES string of the molecule is Cc1cc(C(=O)O[C@H]2C[N+]3=C(N)N[C@@H](CO)[C@@H]4[NH+]=C(N)N[C@@]43C2(O)O)cc(C(F)(F)F)c1. The number of esters is 1. The molecule has 1 fully saturated rings. The Morgan fingerprint density at radius 3 is 2.66 bits per heavy atom. The minimum Gasteiger partial charge on any atom is -0.449 e. The summed E-state index contributed by atoms with van der Waals surface area (Å²) in [7, 11) is 0. The van der Waals surface area contributed by atoms with Crippen molar-refractivity contribution in [2.75, 3.05) is 13.2 Å². The largest absolute Gasteiger partial charge is 0.449 e. The van der Waals surface area contributed by atoms with Gasteiger partial charge in [0.1, 0.15) is 12.6 Å². The van der Waals surface area contributed by atoms with Gasteiger partial charge in [0.15, 0.2) is 12.1 Å². The Labute approximate surface area is 179 Å². The van der Waals surface area contributed by atoms with Gasteiger partial charge in [-0.2, -0.15) is 13.2 Å². The number of rotatable bonds is 3. The predicted octanol–water partition coefficient (Wildman–Crippen LogP) is -4.41. The summed E-state index contributed by atoms with van der Waals surface area (Å²) in [6.45, 7) is 0.607. The summed E-state index contributed by atoms with van der Waals surface area (Å²) in [5, 5.41) is 37.4. The Balaban J connectivity index is 1.69. The highest BCUT2D eigenvalue weighted by molar-refractivity contribution is 5.90. The van der Waals surface area contributed by atoms with Gasteiger partial charge in [-0.05, 0) is 30.7 Å². The molecule has 0 radical (unpaired) electrons. The highest BCUT2D eigenvalue weighted by Crippen LogP contribution is 2.39. The van der Waals surface area contributed by atoms with Crippen molar-refractivity contribution in [3.05, 3.63) is 34.9 Å². The quantitative estimate of drug-likeness (QED) is 0.126. The maximum atomic E-state index is 13.1. The molecular weight excluding hydrogens is 437 g/mol. The van der Waals surface area contributed by atoms with Gasteiger partial charge < -0.3 is 20.1 Å². The zero-order chi connectivity index (χ0) is 23.6. The molecule has 14 heteroatoms. The number of aliphatic hydroxyl groups is 3. The van der Waals surface area contributed by atoms with Crippen molar-refractivity contribution in [1.82, 2.24) is 10.6 Å². The number of carbonyl (C=O) groups excluding carboxylic acids is 1. The van der Waals surface area contributed by atoms with E-state index in [1.54, 1.807) is 0 Å². The van der Waals surface area contributed by atoms with Crippen LogP contribution in [0.25, 0.3) is 0 Å². The van der Waals surface area contributed by atoms with Crippen LogP contribution in [-0.4, -0.2) is 80.6 Å². The molecular formula is C18H23F3N6O5+2. The number of hydrogen-bond donors (Lipinski definition) is 8. The zero-order valence-electron chi connectivity index (χ0n) is 16.8. The minimum absolute atomic E-state index is 0.0390. The maximum Gasteiger partial charge on any atom is 0.416 e. The summed E-state index contributed by atoms with van der Waals surface area (Å²) < 4.78 is 45.9. The molecule has 1 saturated heterocycles. The van der Waals surface area contributed by atoms with E-state index in [1.165, 1.54) is 17.6 Å². The molecule has 10 N–H and O–H groups in total. The fourth-order valence-electron chi connectivity index (χ4n) is 4.59. The lowest BCUT2D eigenvalue weighted by Crippen LogP contribution is -2.91. The molecule has 174 valence electrons. The second-order valence-corrected chi connectivity index (χ2v) is 8.06. The maximum absolute atomic E-state index is 13.1. The van der Waals surface area contributed by atoms with Gasteiger partial charge in [-0.3, -0.25) is 21.8 Å². The third-order valence-electron chi connectivity index (χ3n) is 5.98. The number of benzene rings is 1. The van der Waals surface area contributed by atoms with Gasteiger partial charge >= 0.3 is 29.7 Å². The van der Waals surface area contributed by atoms with Crippen molar-refractivity contribution in [2.45, 2.75) is 42.7 Å². The number of aliphatic hydroxyl groups excluding tert-OH is 1. The Morgan fingerprint density at radius 2 is 2.03 bits per heavy atom. The average Bonchev–Trinajstić information content (AvgIpc) is 3.15. The highest BCUT2D eigenvalue weighted by atomic mass is 19.4. The molecule has 4 atom stereocenters. The Bertz CT molecular complexity index is 1040. The first kappa shape index (κ1) is 22.1. The summed E-state index contributed by atoms with van der Waals surface area (Å²) in [4.78, 5) is 15.5. The van der Waals surface area contributed by atoms with E-state index in [2.05, 4.69) is 15.6 Å². The summed E-state index contributed by atoms with van der Waals surface area (Å²) in [6, 6.07) is 0.984. The number of nitrogens with two attached hydrogens (primary N) is 2. The van der Waals surface area contributed by atoms with Crippen LogP contribution in [0.15, 0.2) is 18.2 Å². The molecule has 11 nitrogen and oxygen atoms in total. The van der Waals surface area contributed by atoms with Crippen LogP contribution >= 0.6 is 0 Å². The summed E-state index contributed by atoms with van der Waals surface area (Å²) in [5.74, 6) is -4.08. The number of carbonyl (C=O) groups is 1. The molecule has 32 heavy (non-hydrogen) atoms. The first-order valence-electron chi connectivity index (χ1n) is 9.60. The van der Waals surface area contributed by atoms with Gasteiger partial charge in [0.25, 0.3) is 5.79 Å². The first-order chi connectivity index (χ1) is 14.8. The van der Waals surface area contributed by atoms with E-state index in [4.69, 9.17) is 16.2 Å². The van der Waals surface area contributed by atoms with Gasteiger partial charge in [0.2, 0.25) is 0 Å².